The maximum Gasteiger partial charge on any atom is 0.339 e. The summed E-state index contributed by atoms with van der Waals surface area (Å²) in [5, 5.41) is 12.6. The maximum absolute atomic E-state index is 12.6. The smallest absolute Gasteiger partial charge is 0.339 e. The van der Waals surface area contributed by atoms with Gasteiger partial charge in [-0.2, -0.15) is 0 Å². The third-order valence-electron chi connectivity index (χ3n) is 5.93. The molecule has 3 aromatic rings. The number of ether oxygens (including phenoxy) is 3. The zero-order valence-electron chi connectivity index (χ0n) is 16.5. The van der Waals surface area contributed by atoms with Crippen molar-refractivity contribution in [3.63, 3.8) is 0 Å². The van der Waals surface area contributed by atoms with E-state index in [-0.39, 0.29) is 19.1 Å². The Labute approximate surface area is 168 Å². The molecule has 0 aliphatic carbocycles. The second-order valence-corrected chi connectivity index (χ2v) is 7.46. The van der Waals surface area contributed by atoms with Gasteiger partial charge in [0.2, 0.25) is 0 Å². The van der Waals surface area contributed by atoms with Crippen molar-refractivity contribution in [2.24, 2.45) is 0 Å². The van der Waals surface area contributed by atoms with Crippen molar-refractivity contribution >= 4 is 16.7 Å². The third-order valence-corrected chi connectivity index (χ3v) is 5.93. The lowest BCUT2D eigenvalue weighted by Crippen LogP contribution is -2.11. The molecule has 2 aliphatic rings. The Balaban J connectivity index is 1.87. The highest BCUT2D eigenvalue weighted by atomic mass is 16.7. The van der Waals surface area contributed by atoms with Crippen molar-refractivity contribution in [1.29, 1.82) is 0 Å². The van der Waals surface area contributed by atoms with Crippen molar-refractivity contribution < 1.29 is 24.1 Å². The van der Waals surface area contributed by atoms with Crippen LogP contribution in [-0.4, -0.2) is 17.9 Å². The van der Waals surface area contributed by atoms with Gasteiger partial charge in [-0.05, 0) is 47.1 Å². The number of fused-ring (bicyclic) bond motifs is 3. The van der Waals surface area contributed by atoms with Gasteiger partial charge >= 0.3 is 5.97 Å². The SMILES string of the molecule is CCc1cc2c(O)c3c(c(-c4ccc5c(c4)OCOC5)c2cc1CC)C(=O)OC3. The molecule has 148 valence electrons. The van der Waals surface area contributed by atoms with Gasteiger partial charge in [-0.1, -0.05) is 32.0 Å². The van der Waals surface area contributed by atoms with Gasteiger partial charge in [0.05, 0.1) is 12.2 Å². The molecule has 0 spiro atoms. The van der Waals surface area contributed by atoms with Crippen molar-refractivity contribution in [2.75, 3.05) is 6.79 Å². The Bertz CT molecular complexity index is 1160. The van der Waals surface area contributed by atoms with Gasteiger partial charge in [0.15, 0.2) is 6.79 Å². The molecule has 0 amide bonds. The first-order valence-corrected chi connectivity index (χ1v) is 9.96. The van der Waals surface area contributed by atoms with Crippen LogP contribution < -0.4 is 4.74 Å². The Morgan fingerprint density at radius 3 is 2.45 bits per heavy atom. The number of rotatable bonds is 3. The molecule has 1 N–H and O–H groups in total. The highest BCUT2D eigenvalue weighted by Gasteiger charge is 2.32. The van der Waals surface area contributed by atoms with Crippen LogP contribution in [0.2, 0.25) is 0 Å². The Morgan fingerprint density at radius 2 is 1.69 bits per heavy atom. The minimum Gasteiger partial charge on any atom is -0.507 e. The zero-order valence-corrected chi connectivity index (χ0v) is 16.5. The van der Waals surface area contributed by atoms with Crippen LogP contribution in [0.25, 0.3) is 21.9 Å². The van der Waals surface area contributed by atoms with E-state index in [1.165, 1.54) is 11.1 Å². The predicted molar refractivity (Wildman–Crippen MR) is 109 cm³/mol. The summed E-state index contributed by atoms with van der Waals surface area (Å²) in [4.78, 5) is 12.6. The zero-order chi connectivity index (χ0) is 20.1. The molecular formula is C24H22O5. The Kier molecular flexibility index (Phi) is 4.21. The second-order valence-electron chi connectivity index (χ2n) is 7.46. The number of carbonyl (C=O) groups excluding carboxylic acids is 1. The van der Waals surface area contributed by atoms with E-state index in [9.17, 15) is 9.90 Å². The summed E-state index contributed by atoms with van der Waals surface area (Å²) in [7, 11) is 0. The van der Waals surface area contributed by atoms with Crippen molar-refractivity contribution in [2.45, 2.75) is 39.9 Å². The number of cyclic esters (lactones) is 1. The average Bonchev–Trinajstić information content (AvgIpc) is 3.14. The van der Waals surface area contributed by atoms with E-state index in [1.54, 1.807) is 0 Å². The van der Waals surface area contributed by atoms with Crippen molar-refractivity contribution in [3.8, 4) is 22.6 Å². The van der Waals surface area contributed by atoms with Crippen LogP contribution in [0.4, 0.5) is 0 Å². The number of aryl methyl sites for hydroxylation is 2. The van der Waals surface area contributed by atoms with Gasteiger partial charge in [0.25, 0.3) is 0 Å². The molecule has 5 nitrogen and oxygen atoms in total. The Morgan fingerprint density at radius 1 is 0.931 bits per heavy atom. The molecule has 29 heavy (non-hydrogen) atoms. The molecule has 0 radical (unpaired) electrons. The molecular weight excluding hydrogens is 368 g/mol. The van der Waals surface area contributed by atoms with E-state index >= 15 is 0 Å². The van der Waals surface area contributed by atoms with Gasteiger partial charge in [0, 0.05) is 22.1 Å². The molecule has 3 aromatic carbocycles. The molecule has 5 rings (SSSR count). The minimum atomic E-state index is -0.396. The fourth-order valence-corrected chi connectivity index (χ4v) is 4.41. The predicted octanol–water partition coefficient (Wildman–Crippen LogP) is 4.87. The molecule has 0 unspecified atom stereocenters. The van der Waals surface area contributed by atoms with E-state index < -0.39 is 5.97 Å². The lowest BCUT2D eigenvalue weighted by atomic mass is 9.86. The number of carbonyl (C=O) groups is 1. The third kappa shape index (κ3) is 2.69. The van der Waals surface area contributed by atoms with E-state index in [1.807, 2.05) is 18.2 Å². The number of phenols is 1. The molecule has 0 bridgehead atoms. The highest BCUT2D eigenvalue weighted by Crippen LogP contribution is 2.46. The molecule has 0 fully saturated rings. The number of hydrogen-bond acceptors (Lipinski definition) is 5. The van der Waals surface area contributed by atoms with E-state index in [0.717, 1.165) is 46.1 Å². The molecule has 0 atom stereocenters. The van der Waals surface area contributed by atoms with Crippen LogP contribution in [0.5, 0.6) is 11.5 Å². The molecule has 2 heterocycles. The summed E-state index contributed by atoms with van der Waals surface area (Å²) >= 11 is 0. The summed E-state index contributed by atoms with van der Waals surface area (Å²) in [6.45, 7) is 5.04. The van der Waals surface area contributed by atoms with Gasteiger partial charge in [-0.15, -0.1) is 0 Å². The number of benzene rings is 3. The van der Waals surface area contributed by atoms with Crippen LogP contribution >= 0.6 is 0 Å². The number of phenolic OH excluding ortho intramolecular Hbond substituents is 1. The maximum atomic E-state index is 12.6. The topological polar surface area (TPSA) is 65.0 Å². The van der Waals surface area contributed by atoms with Crippen LogP contribution in [-0.2, 0) is 35.5 Å². The Hall–Kier alpha value is -3.05. The van der Waals surface area contributed by atoms with Gasteiger partial charge in [0.1, 0.15) is 18.1 Å². The summed E-state index contributed by atoms with van der Waals surface area (Å²) in [6.07, 6.45) is 1.76. The van der Waals surface area contributed by atoms with Crippen molar-refractivity contribution in [1.82, 2.24) is 0 Å². The lowest BCUT2D eigenvalue weighted by molar-refractivity contribution is -0.0163. The van der Waals surface area contributed by atoms with Crippen LogP contribution in [0.15, 0.2) is 30.3 Å². The molecule has 0 saturated carbocycles. The van der Waals surface area contributed by atoms with Crippen LogP contribution in [0, 0.1) is 0 Å². The van der Waals surface area contributed by atoms with Gasteiger partial charge < -0.3 is 19.3 Å². The highest BCUT2D eigenvalue weighted by molar-refractivity contribution is 6.13. The van der Waals surface area contributed by atoms with Gasteiger partial charge in [-0.3, -0.25) is 0 Å². The standard InChI is InChI=1S/C24H22O5/c1-3-13-7-17-18(8-14(13)4-2)23(25)19-11-28-24(26)22(19)21(17)15-5-6-16-10-27-12-29-20(16)9-15/h5-9,25H,3-4,10-12H2,1-2H3. The summed E-state index contributed by atoms with van der Waals surface area (Å²) in [6, 6.07) is 10.1. The molecule has 2 aliphatic heterocycles. The first-order chi connectivity index (χ1) is 14.1. The average molecular weight is 390 g/mol. The van der Waals surface area contributed by atoms with Crippen molar-refractivity contribution in [3.05, 3.63) is 58.1 Å². The molecule has 0 aromatic heterocycles. The fraction of sp³-hybridized carbons (Fsp3) is 0.292. The van der Waals surface area contributed by atoms with E-state index in [4.69, 9.17) is 14.2 Å². The van der Waals surface area contributed by atoms with Crippen LogP contribution in [0.3, 0.4) is 0 Å². The fourth-order valence-electron chi connectivity index (χ4n) is 4.41. The minimum absolute atomic E-state index is 0.0925. The second kappa shape index (κ2) is 6.78. The van der Waals surface area contributed by atoms with E-state index in [2.05, 4.69) is 26.0 Å². The monoisotopic (exact) mass is 390 g/mol. The number of esters is 1. The normalized spacial score (nSPS) is 15.0. The molecule has 5 heteroatoms. The number of hydrogen-bond donors (Lipinski definition) is 1. The number of aromatic hydroxyl groups is 1. The summed E-state index contributed by atoms with van der Waals surface area (Å²) < 4.78 is 16.3. The first kappa shape index (κ1) is 18.0. The van der Waals surface area contributed by atoms with Gasteiger partial charge in [-0.25, -0.2) is 4.79 Å². The lowest BCUT2D eigenvalue weighted by Gasteiger charge is -2.20. The summed E-state index contributed by atoms with van der Waals surface area (Å²) in [5.41, 5.74) is 6.08. The first-order valence-electron chi connectivity index (χ1n) is 9.96. The van der Waals surface area contributed by atoms with E-state index in [0.29, 0.717) is 17.7 Å². The van der Waals surface area contributed by atoms with Crippen LogP contribution in [0.1, 0.15) is 46.5 Å². The molecule has 0 saturated heterocycles. The summed E-state index contributed by atoms with van der Waals surface area (Å²) in [5.74, 6) is 0.507. The quantitative estimate of drug-likeness (QED) is 0.646. The largest absolute Gasteiger partial charge is 0.507 e.